The Morgan fingerprint density at radius 1 is 0.432 bits per heavy atom. The van der Waals surface area contributed by atoms with Gasteiger partial charge in [-0.05, 0) is 25.3 Å². The first-order valence-corrected chi connectivity index (χ1v) is 17.2. The molecule has 1 nitrogen and oxygen atoms in total. The second-order valence-corrected chi connectivity index (χ2v) is 12.2. The van der Waals surface area contributed by atoms with Gasteiger partial charge in [-0.2, -0.15) is 0 Å². The van der Waals surface area contributed by atoms with Crippen molar-refractivity contribution in [3.05, 3.63) is 29.1 Å². The SMILES string of the molecule is CCCCCCCCCCCCCCCc1cc(C)cc(C)[n+]1CCCCCCCCCCCCCC. The molecular weight excluding hydrogens is 446 g/mol. The zero-order valence-corrected chi connectivity index (χ0v) is 26.2. The summed E-state index contributed by atoms with van der Waals surface area (Å²) in [5.74, 6) is 0. The molecule has 0 aliphatic carbocycles. The van der Waals surface area contributed by atoms with Gasteiger partial charge in [0.05, 0.1) is 0 Å². The van der Waals surface area contributed by atoms with Gasteiger partial charge >= 0.3 is 0 Å². The lowest BCUT2D eigenvalue weighted by molar-refractivity contribution is -0.710. The Morgan fingerprint density at radius 2 is 0.784 bits per heavy atom. The smallest absolute Gasteiger partial charge is 0.181 e. The molecule has 0 atom stereocenters. The number of aryl methyl sites for hydroxylation is 3. The maximum atomic E-state index is 2.64. The standard InChI is InChI=1S/C36H68N/c1-5-7-9-11-13-15-17-19-20-22-24-26-28-30-36-33-34(3)32-35(4)37(36)31-29-27-25-23-21-18-16-14-12-10-8-6-2/h32-33H,5-31H2,1-4H3/q+1. The van der Waals surface area contributed by atoms with Crippen LogP contribution in [0.5, 0.6) is 0 Å². The first-order chi connectivity index (χ1) is 18.2. The van der Waals surface area contributed by atoms with Gasteiger partial charge in [0.15, 0.2) is 11.4 Å². The van der Waals surface area contributed by atoms with Crippen molar-refractivity contribution in [1.29, 1.82) is 0 Å². The second kappa shape index (κ2) is 25.4. The summed E-state index contributed by atoms with van der Waals surface area (Å²) in [6, 6.07) is 4.85. The Balaban J connectivity index is 2.11. The molecule has 0 unspecified atom stereocenters. The monoisotopic (exact) mass is 515 g/mol. The Kier molecular flexibility index (Phi) is 23.5. The van der Waals surface area contributed by atoms with Crippen molar-refractivity contribution in [1.82, 2.24) is 0 Å². The van der Waals surface area contributed by atoms with Crippen molar-refractivity contribution >= 4 is 0 Å². The number of unbranched alkanes of at least 4 members (excludes halogenated alkanes) is 23. The van der Waals surface area contributed by atoms with Crippen molar-refractivity contribution in [2.45, 2.75) is 201 Å². The summed E-state index contributed by atoms with van der Waals surface area (Å²) in [6.07, 6.45) is 37.1. The third kappa shape index (κ3) is 19.8. The molecule has 0 bridgehead atoms. The third-order valence-corrected chi connectivity index (χ3v) is 8.38. The molecule has 37 heavy (non-hydrogen) atoms. The minimum atomic E-state index is 1.22. The average molecular weight is 515 g/mol. The Labute approximate surface area is 234 Å². The highest BCUT2D eigenvalue weighted by Gasteiger charge is 2.14. The van der Waals surface area contributed by atoms with Crippen LogP contribution in [0.25, 0.3) is 0 Å². The van der Waals surface area contributed by atoms with E-state index in [1.165, 1.54) is 185 Å². The zero-order valence-electron chi connectivity index (χ0n) is 26.2. The first kappa shape index (κ1) is 34.2. The van der Waals surface area contributed by atoms with Gasteiger partial charge in [0, 0.05) is 31.9 Å². The van der Waals surface area contributed by atoms with E-state index in [4.69, 9.17) is 0 Å². The van der Waals surface area contributed by atoms with Gasteiger partial charge in [-0.3, -0.25) is 0 Å². The van der Waals surface area contributed by atoms with Gasteiger partial charge in [0.25, 0.3) is 0 Å². The molecule has 0 fully saturated rings. The number of rotatable bonds is 27. The predicted octanol–water partition coefficient (Wildman–Crippen LogP) is 11.9. The maximum absolute atomic E-state index is 2.64. The number of hydrogen-bond donors (Lipinski definition) is 0. The van der Waals surface area contributed by atoms with Crippen molar-refractivity contribution in [2.24, 2.45) is 0 Å². The molecule has 0 amide bonds. The summed E-state index contributed by atoms with van der Waals surface area (Å²) in [5.41, 5.74) is 4.49. The van der Waals surface area contributed by atoms with Crippen molar-refractivity contribution in [2.75, 3.05) is 0 Å². The molecule has 0 radical (unpaired) electrons. The Morgan fingerprint density at radius 3 is 1.19 bits per heavy atom. The molecule has 0 saturated carbocycles. The molecule has 0 spiro atoms. The van der Waals surface area contributed by atoms with E-state index in [1.807, 2.05) is 0 Å². The molecule has 1 aromatic heterocycles. The van der Waals surface area contributed by atoms with E-state index in [1.54, 1.807) is 5.69 Å². The van der Waals surface area contributed by atoms with Crippen LogP contribution in [0.3, 0.4) is 0 Å². The third-order valence-electron chi connectivity index (χ3n) is 8.38. The fraction of sp³-hybridized carbons (Fsp3) is 0.861. The van der Waals surface area contributed by atoms with Gasteiger partial charge in [-0.15, -0.1) is 0 Å². The zero-order chi connectivity index (χ0) is 26.8. The van der Waals surface area contributed by atoms with Crippen LogP contribution in [0.4, 0.5) is 0 Å². The van der Waals surface area contributed by atoms with Crippen LogP contribution >= 0.6 is 0 Å². The molecule has 0 aliphatic heterocycles. The summed E-state index contributed by atoms with van der Waals surface area (Å²) < 4.78 is 2.64. The van der Waals surface area contributed by atoms with Crippen LogP contribution in [-0.4, -0.2) is 0 Å². The minimum absolute atomic E-state index is 1.22. The quantitative estimate of drug-likeness (QED) is 0.0811. The molecule has 0 aliphatic rings. The van der Waals surface area contributed by atoms with Crippen LogP contribution < -0.4 is 4.57 Å². The lowest BCUT2D eigenvalue weighted by Gasteiger charge is -2.09. The lowest BCUT2D eigenvalue weighted by atomic mass is 10.0. The van der Waals surface area contributed by atoms with Crippen LogP contribution in [0.2, 0.25) is 0 Å². The number of hydrogen-bond acceptors (Lipinski definition) is 0. The summed E-state index contributed by atoms with van der Waals surface area (Å²) in [6.45, 7) is 10.4. The fourth-order valence-electron chi connectivity index (χ4n) is 5.98. The Hall–Kier alpha value is -0.850. The van der Waals surface area contributed by atoms with Crippen LogP contribution in [0.1, 0.15) is 191 Å². The van der Waals surface area contributed by atoms with Gasteiger partial charge in [0.2, 0.25) is 0 Å². The topological polar surface area (TPSA) is 3.88 Å². The molecule has 0 N–H and O–H groups in total. The fourth-order valence-corrected chi connectivity index (χ4v) is 5.98. The van der Waals surface area contributed by atoms with E-state index in [9.17, 15) is 0 Å². The van der Waals surface area contributed by atoms with Crippen LogP contribution in [0.15, 0.2) is 12.1 Å². The molecule has 0 saturated heterocycles. The normalized spacial score (nSPS) is 11.5. The largest absolute Gasteiger partial charge is 0.200 e. The van der Waals surface area contributed by atoms with Crippen LogP contribution in [-0.2, 0) is 13.0 Å². The van der Waals surface area contributed by atoms with E-state index in [0.717, 1.165) is 0 Å². The van der Waals surface area contributed by atoms with E-state index in [0.29, 0.717) is 0 Å². The maximum Gasteiger partial charge on any atom is 0.181 e. The molecule has 1 aromatic rings. The molecule has 216 valence electrons. The highest BCUT2D eigenvalue weighted by Crippen LogP contribution is 2.15. The second-order valence-electron chi connectivity index (χ2n) is 12.2. The summed E-state index contributed by atoms with van der Waals surface area (Å²) in [5, 5.41) is 0. The molecule has 1 heterocycles. The molecular formula is C36H68N+. The van der Waals surface area contributed by atoms with E-state index < -0.39 is 0 Å². The summed E-state index contributed by atoms with van der Waals surface area (Å²) >= 11 is 0. The van der Waals surface area contributed by atoms with E-state index >= 15 is 0 Å². The highest BCUT2D eigenvalue weighted by molar-refractivity contribution is 5.14. The lowest BCUT2D eigenvalue weighted by Crippen LogP contribution is -2.41. The molecule has 1 rings (SSSR count). The molecule has 0 aromatic carbocycles. The summed E-state index contributed by atoms with van der Waals surface area (Å²) in [4.78, 5) is 0. The number of pyridine rings is 1. The van der Waals surface area contributed by atoms with Gasteiger partial charge in [0.1, 0.15) is 6.54 Å². The van der Waals surface area contributed by atoms with E-state index in [2.05, 4.69) is 44.4 Å². The van der Waals surface area contributed by atoms with Crippen molar-refractivity contribution in [3.63, 3.8) is 0 Å². The van der Waals surface area contributed by atoms with Gasteiger partial charge in [-0.25, -0.2) is 4.57 Å². The van der Waals surface area contributed by atoms with Crippen molar-refractivity contribution in [3.8, 4) is 0 Å². The van der Waals surface area contributed by atoms with E-state index in [-0.39, 0.29) is 0 Å². The van der Waals surface area contributed by atoms with Gasteiger partial charge in [-0.1, -0.05) is 155 Å². The predicted molar refractivity (Wildman–Crippen MR) is 167 cm³/mol. The minimum Gasteiger partial charge on any atom is -0.200 e. The number of nitrogens with zero attached hydrogens (tertiary/aromatic N) is 1. The first-order valence-electron chi connectivity index (χ1n) is 17.2. The number of aromatic nitrogens is 1. The van der Waals surface area contributed by atoms with Gasteiger partial charge < -0.3 is 0 Å². The van der Waals surface area contributed by atoms with Crippen molar-refractivity contribution < 1.29 is 4.57 Å². The highest BCUT2D eigenvalue weighted by atomic mass is 15.0. The average Bonchev–Trinajstić information content (AvgIpc) is 2.88. The van der Waals surface area contributed by atoms with Crippen LogP contribution in [0, 0.1) is 13.8 Å². The molecule has 1 heteroatoms. The summed E-state index contributed by atoms with van der Waals surface area (Å²) in [7, 11) is 0. The Bertz CT molecular complexity index is 619.